The van der Waals surface area contributed by atoms with Gasteiger partial charge in [-0.15, -0.1) is 0 Å². The molecule has 0 aliphatic carbocycles. The summed E-state index contributed by atoms with van der Waals surface area (Å²) < 4.78 is 45.6. The highest BCUT2D eigenvalue weighted by Gasteiger charge is 2.21. The summed E-state index contributed by atoms with van der Waals surface area (Å²) >= 11 is 3.21. The van der Waals surface area contributed by atoms with Gasteiger partial charge < -0.3 is 9.84 Å². The summed E-state index contributed by atoms with van der Waals surface area (Å²) in [4.78, 5) is 0. The van der Waals surface area contributed by atoms with E-state index in [1.165, 1.54) is 19.2 Å². The van der Waals surface area contributed by atoms with Gasteiger partial charge in [-0.25, -0.2) is 13.2 Å². The highest BCUT2D eigenvalue weighted by molar-refractivity contribution is 9.10. The number of aliphatic hydroxyl groups is 1. The van der Waals surface area contributed by atoms with E-state index in [1.807, 2.05) is 0 Å². The lowest BCUT2D eigenvalue weighted by Gasteiger charge is -2.15. The summed E-state index contributed by atoms with van der Waals surface area (Å²) in [5, 5.41) is 10.1. The lowest BCUT2D eigenvalue weighted by Crippen LogP contribution is -2.07. The number of methoxy groups -OCH3 is 1. The van der Waals surface area contributed by atoms with Crippen LogP contribution in [0.5, 0.6) is 5.75 Å². The predicted octanol–water partition coefficient (Wildman–Crippen LogP) is 3.96. The van der Waals surface area contributed by atoms with E-state index in [1.54, 1.807) is 6.07 Å². The van der Waals surface area contributed by atoms with E-state index in [0.29, 0.717) is 22.4 Å². The smallest absolute Gasteiger partial charge is 0.135 e. The summed E-state index contributed by atoms with van der Waals surface area (Å²) in [5.41, 5.74) is -0.342. The van der Waals surface area contributed by atoms with E-state index in [2.05, 4.69) is 15.9 Å². The molecule has 1 atom stereocenters. The van der Waals surface area contributed by atoms with Gasteiger partial charge in [-0.2, -0.15) is 0 Å². The van der Waals surface area contributed by atoms with Crippen LogP contribution in [0.1, 0.15) is 17.2 Å². The van der Waals surface area contributed by atoms with Crippen molar-refractivity contribution in [2.24, 2.45) is 0 Å². The summed E-state index contributed by atoms with van der Waals surface area (Å²) in [5.74, 6) is -2.79. The Bertz CT molecular complexity index is 623. The number of aliphatic hydroxyl groups excluding tert-OH is 1. The van der Waals surface area contributed by atoms with Crippen molar-refractivity contribution < 1.29 is 23.0 Å². The van der Waals surface area contributed by atoms with Crippen LogP contribution in [0, 0.1) is 17.5 Å². The Kier molecular flexibility index (Phi) is 4.35. The molecular weight excluding hydrogens is 337 g/mol. The van der Waals surface area contributed by atoms with E-state index >= 15 is 0 Å². The molecule has 1 unspecified atom stereocenters. The molecule has 2 aromatic rings. The molecule has 0 heterocycles. The highest BCUT2D eigenvalue weighted by atomic mass is 79.9. The van der Waals surface area contributed by atoms with Crippen molar-refractivity contribution in [3.05, 3.63) is 63.4 Å². The Morgan fingerprint density at radius 2 is 1.70 bits per heavy atom. The number of benzene rings is 2. The zero-order valence-electron chi connectivity index (χ0n) is 10.3. The fourth-order valence-electron chi connectivity index (χ4n) is 1.83. The molecule has 6 heteroatoms. The molecule has 20 heavy (non-hydrogen) atoms. The van der Waals surface area contributed by atoms with Crippen LogP contribution in [0.4, 0.5) is 13.2 Å². The molecule has 2 rings (SSSR count). The summed E-state index contributed by atoms with van der Waals surface area (Å²) in [6, 6.07) is 5.55. The quantitative estimate of drug-likeness (QED) is 0.911. The summed E-state index contributed by atoms with van der Waals surface area (Å²) in [7, 11) is 1.47. The first-order valence-electron chi connectivity index (χ1n) is 5.60. The molecule has 0 fully saturated rings. The van der Waals surface area contributed by atoms with Crippen LogP contribution < -0.4 is 4.74 Å². The van der Waals surface area contributed by atoms with Gasteiger partial charge in [0.2, 0.25) is 0 Å². The Hall–Kier alpha value is -1.53. The zero-order chi connectivity index (χ0) is 14.9. The number of hydrogen-bond acceptors (Lipinski definition) is 2. The molecule has 0 aliphatic heterocycles. The number of ether oxygens (including phenoxy) is 1. The minimum atomic E-state index is -1.54. The van der Waals surface area contributed by atoms with Gasteiger partial charge >= 0.3 is 0 Å². The average molecular weight is 347 g/mol. The van der Waals surface area contributed by atoms with Crippen LogP contribution in [0.2, 0.25) is 0 Å². The van der Waals surface area contributed by atoms with Gasteiger partial charge in [-0.3, -0.25) is 0 Å². The Labute approximate surface area is 121 Å². The van der Waals surface area contributed by atoms with Gasteiger partial charge in [-0.05, 0) is 33.6 Å². The Morgan fingerprint density at radius 3 is 2.20 bits per heavy atom. The molecule has 0 bridgehead atoms. The molecule has 0 aromatic heterocycles. The second kappa shape index (κ2) is 5.85. The van der Waals surface area contributed by atoms with E-state index in [0.717, 1.165) is 0 Å². The third-order valence-electron chi connectivity index (χ3n) is 2.81. The third kappa shape index (κ3) is 2.81. The predicted molar refractivity (Wildman–Crippen MR) is 71.1 cm³/mol. The molecule has 0 saturated carbocycles. The first-order valence-corrected chi connectivity index (χ1v) is 6.39. The van der Waals surface area contributed by atoms with Crippen molar-refractivity contribution >= 4 is 15.9 Å². The van der Waals surface area contributed by atoms with Crippen molar-refractivity contribution in [1.82, 2.24) is 0 Å². The fourth-order valence-corrected chi connectivity index (χ4v) is 2.39. The fraction of sp³-hybridized carbons (Fsp3) is 0.143. The van der Waals surface area contributed by atoms with Crippen molar-refractivity contribution in [2.75, 3.05) is 7.11 Å². The maximum Gasteiger partial charge on any atom is 0.135 e. The maximum absolute atomic E-state index is 13.6. The van der Waals surface area contributed by atoms with Crippen LogP contribution in [-0.2, 0) is 0 Å². The van der Waals surface area contributed by atoms with Crippen molar-refractivity contribution in [1.29, 1.82) is 0 Å². The van der Waals surface area contributed by atoms with Gasteiger partial charge in [0.1, 0.15) is 29.3 Å². The lowest BCUT2D eigenvalue weighted by molar-refractivity contribution is 0.208. The first kappa shape index (κ1) is 14.9. The standard InChI is InChI=1S/C14H10BrF3O2/c1-20-12-3-2-7(4-9(12)15)14(19)13-10(17)5-8(16)6-11(13)18/h2-6,14,19H,1H3. The molecule has 2 aromatic carbocycles. The van der Waals surface area contributed by atoms with Crippen LogP contribution in [-0.4, -0.2) is 12.2 Å². The van der Waals surface area contributed by atoms with E-state index < -0.39 is 29.1 Å². The SMILES string of the molecule is COc1ccc(C(O)c2c(F)cc(F)cc2F)cc1Br. The van der Waals surface area contributed by atoms with E-state index in [4.69, 9.17) is 4.74 Å². The molecule has 106 valence electrons. The van der Waals surface area contributed by atoms with Gasteiger partial charge in [-0.1, -0.05) is 6.07 Å². The first-order chi connectivity index (χ1) is 9.43. The van der Waals surface area contributed by atoms with Gasteiger partial charge in [0.15, 0.2) is 0 Å². The molecule has 0 spiro atoms. The minimum absolute atomic E-state index is 0.252. The lowest BCUT2D eigenvalue weighted by atomic mass is 10.0. The largest absolute Gasteiger partial charge is 0.496 e. The topological polar surface area (TPSA) is 29.5 Å². The van der Waals surface area contributed by atoms with Crippen LogP contribution >= 0.6 is 15.9 Å². The summed E-state index contributed by atoms with van der Waals surface area (Å²) in [6.45, 7) is 0. The van der Waals surface area contributed by atoms with Crippen LogP contribution in [0.3, 0.4) is 0 Å². The van der Waals surface area contributed by atoms with Gasteiger partial charge in [0.05, 0.1) is 17.1 Å². The summed E-state index contributed by atoms with van der Waals surface area (Å²) in [6.07, 6.45) is -1.54. The molecule has 0 saturated heterocycles. The number of rotatable bonds is 3. The monoisotopic (exact) mass is 346 g/mol. The molecule has 2 nitrogen and oxygen atoms in total. The normalized spacial score (nSPS) is 12.3. The second-order valence-corrected chi connectivity index (χ2v) is 4.93. The third-order valence-corrected chi connectivity index (χ3v) is 3.43. The Balaban J connectivity index is 2.46. The average Bonchev–Trinajstić information content (AvgIpc) is 2.37. The molecule has 0 radical (unpaired) electrons. The van der Waals surface area contributed by atoms with E-state index in [9.17, 15) is 18.3 Å². The van der Waals surface area contributed by atoms with Crippen molar-refractivity contribution in [3.8, 4) is 5.75 Å². The molecule has 0 aliphatic rings. The molecule has 1 N–H and O–H groups in total. The Morgan fingerprint density at radius 1 is 1.10 bits per heavy atom. The van der Waals surface area contributed by atoms with Gasteiger partial charge in [0.25, 0.3) is 0 Å². The molecule has 0 amide bonds. The highest BCUT2D eigenvalue weighted by Crippen LogP contribution is 2.32. The van der Waals surface area contributed by atoms with Crippen LogP contribution in [0.25, 0.3) is 0 Å². The van der Waals surface area contributed by atoms with Gasteiger partial charge in [0, 0.05) is 12.1 Å². The van der Waals surface area contributed by atoms with Crippen LogP contribution in [0.15, 0.2) is 34.8 Å². The maximum atomic E-state index is 13.6. The number of hydrogen-bond donors (Lipinski definition) is 1. The molecular formula is C14H10BrF3O2. The minimum Gasteiger partial charge on any atom is -0.496 e. The second-order valence-electron chi connectivity index (χ2n) is 4.08. The number of halogens is 4. The van der Waals surface area contributed by atoms with Crippen molar-refractivity contribution in [3.63, 3.8) is 0 Å². The van der Waals surface area contributed by atoms with E-state index in [-0.39, 0.29) is 5.56 Å². The zero-order valence-corrected chi connectivity index (χ0v) is 11.9. The van der Waals surface area contributed by atoms with Crippen molar-refractivity contribution in [2.45, 2.75) is 6.10 Å².